The molecule has 0 fully saturated rings. The van der Waals surface area contributed by atoms with E-state index in [0.29, 0.717) is 0 Å². The maximum absolute atomic E-state index is 6.81. The van der Waals surface area contributed by atoms with Crippen LogP contribution in [0.2, 0.25) is 0 Å². The number of hydrogen-bond donors (Lipinski definition) is 0. The van der Waals surface area contributed by atoms with Crippen molar-refractivity contribution >= 4 is 154 Å². The molecule has 0 amide bonds. The molecule has 0 saturated carbocycles. The minimum Gasteiger partial charge on any atom is -0.454 e. The third kappa shape index (κ3) is 7.91. The van der Waals surface area contributed by atoms with Crippen molar-refractivity contribution in [2.24, 2.45) is 0 Å². The molecule has 21 rings (SSSR count). The first-order valence-electron chi connectivity index (χ1n) is 33.6. The summed E-state index contributed by atoms with van der Waals surface area (Å²) < 4.78 is 18.8. The maximum atomic E-state index is 6.81. The standard InChI is InChI=1S/C92H56N4O2/c1-3-23-57(24-4-1)63-27-11-15-39-77(63)93(81-43-19-35-71-67-31-13-17-45-85(67)97-91(71)81)61-51-47-59(48-52-61)75-55-83-87(69-33-9-7-29-65(69)75)73-37-21-42-80-89(73)95(83)79-41-22-38-74-88-70-34-10-8-30-66(70)76(56-84(88)96(80)90(74)79)60-49-53-62(54-50-60)94(78-40-16-12-28-64(78)58-25-5-2-6-26-58)82-44-20-36-72-68-32-14-18-46-86(68)98-92(72)82/h1-56H. The molecule has 21 aromatic rings. The van der Waals surface area contributed by atoms with Crippen LogP contribution >= 0.6 is 0 Å². The Bertz CT molecular complexity index is 6380. The van der Waals surface area contributed by atoms with E-state index in [4.69, 9.17) is 8.83 Å². The Morgan fingerprint density at radius 1 is 0.214 bits per heavy atom. The fraction of sp³-hybridized carbons (Fsp3) is 0. The second kappa shape index (κ2) is 21.2. The Morgan fingerprint density at radius 2 is 0.541 bits per heavy atom. The molecule has 0 saturated heterocycles. The topological polar surface area (TPSA) is 41.6 Å². The van der Waals surface area contributed by atoms with Gasteiger partial charge < -0.3 is 27.4 Å². The number of anilines is 6. The van der Waals surface area contributed by atoms with Crippen LogP contribution in [0.1, 0.15) is 0 Å². The summed E-state index contributed by atoms with van der Waals surface area (Å²) in [6.45, 7) is 0. The average molecular weight is 1250 g/mol. The minimum absolute atomic E-state index is 0.845. The summed E-state index contributed by atoms with van der Waals surface area (Å²) >= 11 is 0. The maximum Gasteiger partial charge on any atom is 0.159 e. The number of aromatic nitrogens is 2. The quantitative estimate of drug-likeness (QED) is 0.128. The van der Waals surface area contributed by atoms with Gasteiger partial charge in [-0.15, -0.1) is 0 Å². The van der Waals surface area contributed by atoms with E-state index < -0.39 is 0 Å². The van der Waals surface area contributed by atoms with E-state index in [0.717, 1.165) is 122 Å². The summed E-state index contributed by atoms with van der Waals surface area (Å²) in [5.74, 6) is 0. The van der Waals surface area contributed by atoms with Gasteiger partial charge in [0.25, 0.3) is 0 Å². The summed E-state index contributed by atoms with van der Waals surface area (Å²) in [4.78, 5) is 4.75. The second-order valence-electron chi connectivity index (χ2n) is 25.8. The fourth-order valence-electron chi connectivity index (χ4n) is 16.4. The first-order chi connectivity index (χ1) is 48.7. The zero-order valence-corrected chi connectivity index (χ0v) is 52.9. The molecule has 0 aliphatic carbocycles. The highest BCUT2D eigenvalue weighted by atomic mass is 16.3. The van der Waals surface area contributed by atoms with Gasteiger partial charge in [0.15, 0.2) is 11.2 Å². The van der Waals surface area contributed by atoms with E-state index in [2.05, 4.69) is 346 Å². The predicted molar refractivity (Wildman–Crippen MR) is 410 cm³/mol. The molecule has 0 spiro atoms. The fourth-order valence-corrected chi connectivity index (χ4v) is 16.4. The van der Waals surface area contributed by atoms with Crippen molar-refractivity contribution in [1.82, 2.24) is 8.80 Å². The second-order valence-corrected chi connectivity index (χ2v) is 25.8. The van der Waals surface area contributed by atoms with Crippen molar-refractivity contribution in [1.29, 1.82) is 0 Å². The number of nitrogens with zero attached hydrogens (tertiary/aromatic N) is 4. The van der Waals surface area contributed by atoms with E-state index in [-0.39, 0.29) is 0 Å². The molecule has 0 radical (unpaired) electrons. The highest BCUT2D eigenvalue weighted by Gasteiger charge is 2.28. The Hall–Kier alpha value is -13.2. The Labute approximate surface area is 562 Å². The molecule has 0 aliphatic heterocycles. The summed E-state index contributed by atoms with van der Waals surface area (Å²) in [5.41, 5.74) is 25.7. The van der Waals surface area contributed by atoms with Gasteiger partial charge in [-0.05, 0) is 140 Å². The highest BCUT2D eigenvalue weighted by Crippen LogP contribution is 2.51. The van der Waals surface area contributed by atoms with Crippen LogP contribution in [-0.2, 0) is 0 Å². The largest absolute Gasteiger partial charge is 0.454 e. The third-order valence-electron chi connectivity index (χ3n) is 20.6. The Morgan fingerprint density at radius 3 is 0.980 bits per heavy atom. The number of para-hydroxylation sites is 8. The zero-order chi connectivity index (χ0) is 64.1. The van der Waals surface area contributed by atoms with Gasteiger partial charge in [-0.3, -0.25) is 0 Å². The average Bonchev–Trinajstić information content (AvgIpc) is 1.51. The van der Waals surface area contributed by atoms with Crippen molar-refractivity contribution in [2.45, 2.75) is 0 Å². The molecule has 5 heterocycles. The van der Waals surface area contributed by atoms with Crippen molar-refractivity contribution in [2.75, 3.05) is 9.80 Å². The summed E-state index contributed by atoms with van der Waals surface area (Å²) in [6.07, 6.45) is 0. The van der Waals surface area contributed by atoms with Crippen LogP contribution in [0.3, 0.4) is 0 Å². The predicted octanol–water partition coefficient (Wildman–Crippen LogP) is 26.0. The molecule has 16 aromatic carbocycles. The van der Waals surface area contributed by atoms with E-state index >= 15 is 0 Å². The summed E-state index contributed by atoms with van der Waals surface area (Å²) in [7, 11) is 0. The zero-order valence-electron chi connectivity index (χ0n) is 52.9. The lowest BCUT2D eigenvalue weighted by Crippen LogP contribution is -2.11. The monoisotopic (exact) mass is 1250 g/mol. The van der Waals surface area contributed by atoms with Gasteiger partial charge in [0.1, 0.15) is 11.2 Å². The summed E-state index contributed by atoms with van der Waals surface area (Å²) in [5, 5.41) is 14.1. The molecule has 98 heavy (non-hydrogen) atoms. The van der Waals surface area contributed by atoms with Gasteiger partial charge in [0.2, 0.25) is 0 Å². The molecule has 0 unspecified atom stereocenters. The van der Waals surface area contributed by atoms with E-state index in [9.17, 15) is 0 Å². The van der Waals surface area contributed by atoms with E-state index in [1.807, 2.05) is 12.1 Å². The lowest BCUT2D eigenvalue weighted by Gasteiger charge is -2.28. The number of furan rings is 2. The smallest absolute Gasteiger partial charge is 0.159 e. The third-order valence-corrected chi connectivity index (χ3v) is 20.6. The molecule has 456 valence electrons. The number of fused-ring (bicyclic) bond motifs is 18. The van der Waals surface area contributed by atoms with E-state index in [1.54, 1.807) is 0 Å². The van der Waals surface area contributed by atoms with Crippen molar-refractivity contribution in [3.05, 3.63) is 340 Å². The van der Waals surface area contributed by atoms with Crippen LogP contribution in [0, 0.1) is 0 Å². The van der Waals surface area contributed by atoms with Crippen LogP contribution in [0.25, 0.3) is 165 Å². The molecule has 0 aliphatic rings. The van der Waals surface area contributed by atoms with Crippen molar-refractivity contribution in [3.63, 3.8) is 0 Å². The minimum atomic E-state index is 0.845. The molecule has 0 bridgehead atoms. The molecular weight excluding hydrogens is 1190 g/mol. The van der Waals surface area contributed by atoms with Crippen LogP contribution in [0.5, 0.6) is 0 Å². The number of hydrogen-bond acceptors (Lipinski definition) is 4. The van der Waals surface area contributed by atoms with Gasteiger partial charge in [0, 0.05) is 65.6 Å². The van der Waals surface area contributed by atoms with Gasteiger partial charge in [-0.1, -0.05) is 255 Å². The van der Waals surface area contributed by atoms with E-state index in [1.165, 1.54) is 76.3 Å². The normalized spacial score (nSPS) is 12.1. The Kier molecular flexibility index (Phi) is 11.7. The number of benzene rings is 16. The lowest BCUT2D eigenvalue weighted by molar-refractivity contribution is 0.668. The molecule has 6 heteroatoms. The van der Waals surface area contributed by atoms with Crippen LogP contribution in [0.15, 0.2) is 349 Å². The van der Waals surface area contributed by atoms with Crippen molar-refractivity contribution < 1.29 is 8.83 Å². The van der Waals surface area contributed by atoms with Crippen molar-refractivity contribution in [3.8, 4) is 44.5 Å². The molecule has 6 nitrogen and oxygen atoms in total. The molecule has 0 atom stereocenters. The Balaban J connectivity index is 0.742. The van der Waals surface area contributed by atoms with Crippen LogP contribution in [0.4, 0.5) is 34.1 Å². The molecular formula is C92H56N4O2. The highest BCUT2D eigenvalue weighted by molar-refractivity contribution is 6.31. The van der Waals surface area contributed by atoms with Gasteiger partial charge in [0.05, 0.1) is 55.8 Å². The molecule has 5 aromatic heterocycles. The number of rotatable bonds is 10. The van der Waals surface area contributed by atoms with Crippen LogP contribution < -0.4 is 9.80 Å². The summed E-state index contributed by atoms with van der Waals surface area (Å²) in [6, 6.07) is 124. The van der Waals surface area contributed by atoms with Gasteiger partial charge in [-0.2, -0.15) is 0 Å². The lowest BCUT2D eigenvalue weighted by atomic mass is 9.94. The molecule has 0 N–H and O–H groups in total. The first-order valence-corrected chi connectivity index (χ1v) is 33.6. The van der Waals surface area contributed by atoms with Gasteiger partial charge in [-0.25, -0.2) is 0 Å². The van der Waals surface area contributed by atoms with Gasteiger partial charge >= 0.3 is 0 Å². The van der Waals surface area contributed by atoms with Crippen LogP contribution in [-0.4, -0.2) is 8.80 Å². The first kappa shape index (κ1) is 54.3. The SMILES string of the molecule is c1ccc(-c2ccccc2N(c2ccc(-c3cc4c(c5ccccc35)c3cccc5c3n4c3cccc4c6c7ccccc7c(-c7ccc(N(c8ccccc8-c8ccccc8)c8cccc9c8oc8ccccc89)cc7)cc6n5c43)cc2)c2cccc3c2oc2ccccc23)cc1.